The monoisotopic (exact) mass is 1220 g/mol. The summed E-state index contributed by atoms with van der Waals surface area (Å²) in [6, 6.07) is -3.52. The molecule has 7 aliphatic rings. The second kappa shape index (κ2) is 29.3. The molecule has 0 radical (unpaired) electrons. The number of carbonyl (C=O) groups excluding carboxylic acids is 2. The van der Waals surface area contributed by atoms with Gasteiger partial charge in [-0.3, -0.25) is 9.59 Å². The largest absolute Gasteiger partial charge is 0.394 e. The summed E-state index contributed by atoms with van der Waals surface area (Å²) in [4.78, 5) is 25.1. The van der Waals surface area contributed by atoms with Gasteiger partial charge < -0.3 is 174 Å². The van der Waals surface area contributed by atoms with Crippen molar-refractivity contribution in [3.05, 3.63) is 0 Å². The first-order chi connectivity index (χ1) is 39.2. The molecular weight excluding hydrogens is 1140 g/mol. The third kappa shape index (κ3) is 14.9. The highest BCUT2D eigenvalue weighted by Crippen LogP contribution is 2.37. The molecule has 7 aliphatic heterocycles. The predicted octanol–water partition coefficient (Wildman–Crippen LogP) is -15.0. The summed E-state index contributed by atoms with van der Waals surface area (Å²) < 4.78 is 75.0. The third-order valence-electron chi connectivity index (χ3n) is 15.3. The van der Waals surface area contributed by atoms with Crippen molar-refractivity contribution in [1.82, 2.24) is 10.6 Å². The van der Waals surface area contributed by atoms with E-state index in [9.17, 15) is 112 Å². The predicted molar refractivity (Wildman–Crippen MR) is 254 cm³/mol. The van der Waals surface area contributed by atoms with Crippen molar-refractivity contribution < 1.29 is 173 Å². The van der Waals surface area contributed by atoms with E-state index >= 15 is 0 Å². The lowest BCUT2D eigenvalue weighted by molar-refractivity contribution is -0.398. The van der Waals surface area contributed by atoms with Gasteiger partial charge in [0.25, 0.3) is 0 Å². The molecule has 0 aromatic rings. The summed E-state index contributed by atoms with van der Waals surface area (Å²) in [6.07, 6.45) is -63.7. The molecule has 2 amide bonds. The molecule has 0 unspecified atom stereocenters. The van der Waals surface area contributed by atoms with Gasteiger partial charge in [0.05, 0.1) is 45.7 Å². The molecule has 0 bridgehead atoms. The molecule has 0 spiro atoms. The van der Waals surface area contributed by atoms with Crippen LogP contribution in [-0.4, -0.2) is 368 Å². The van der Waals surface area contributed by atoms with E-state index in [2.05, 4.69) is 10.6 Å². The molecule has 7 saturated heterocycles. The van der Waals surface area contributed by atoms with Crippen LogP contribution < -0.4 is 10.6 Å². The summed E-state index contributed by atoms with van der Waals surface area (Å²) >= 11 is 0. The quantitative estimate of drug-likeness (QED) is 0.0538. The first-order valence-electron chi connectivity index (χ1n) is 26.5. The van der Waals surface area contributed by atoms with E-state index in [0.717, 1.165) is 13.8 Å². The van der Waals surface area contributed by atoms with Crippen LogP contribution in [0.4, 0.5) is 0 Å². The number of aliphatic hydroxyl groups is 20. The van der Waals surface area contributed by atoms with E-state index in [4.69, 9.17) is 61.6 Å². The summed E-state index contributed by atoms with van der Waals surface area (Å²) in [5.74, 6) is -1.67. The zero-order valence-corrected chi connectivity index (χ0v) is 44.5. The van der Waals surface area contributed by atoms with Crippen molar-refractivity contribution in [3.63, 3.8) is 0 Å². The Hall–Kier alpha value is -2.38. The molecule has 37 nitrogen and oxygen atoms in total. The number of rotatable bonds is 20. The summed E-state index contributed by atoms with van der Waals surface area (Å²) in [6.45, 7) is -2.38. The molecule has 22 N–H and O–H groups in total. The smallest absolute Gasteiger partial charge is 0.217 e. The number of amides is 2. The van der Waals surface area contributed by atoms with Gasteiger partial charge in [-0.2, -0.15) is 0 Å². The van der Waals surface area contributed by atoms with Crippen LogP contribution in [0.1, 0.15) is 20.8 Å². The molecule has 37 heteroatoms. The summed E-state index contributed by atoms with van der Waals surface area (Å²) in [7, 11) is 0. The standard InChI is InChI=1S/C46H78N2O35/c1-10-21(55)28(62)32(66)42(73-10)72-9-18-37(26(60)19(40(70)74-18)47-11(2)53)80-41-20(48-12(3)54)27(61)36(16(7-52)78-41)81-45-35(69)38(25(59)17(79-45)8-71-43-33(67)29(63)22(56)13(4-49)75-43)82-46-39(31(65)24(58)15(6-51)77-46)83-44-34(68)30(64)23(57)14(5-50)76-44/h10,13-46,49-52,55-70H,4-9H2,1-3H3,(H,47,53)(H,48,54)/t10-,13+,14+,15+,16+,17+,18+,19+,20+,21+,22+,23+,24+,25+,26+,27+,28+,29-,30-,31-,32-,33-,34-,35-,36+,37+,38-,39-,40+,41-,42+,43-,44+,45-,46+/m0/s1. The highest BCUT2D eigenvalue weighted by molar-refractivity contribution is 5.73. The molecule has 7 rings (SSSR count). The van der Waals surface area contributed by atoms with Gasteiger partial charge in [0.2, 0.25) is 11.8 Å². The zero-order valence-electron chi connectivity index (χ0n) is 44.5. The van der Waals surface area contributed by atoms with Crippen molar-refractivity contribution in [3.8, 4) is 0 Å². The Morgan fingerprint density at radius 1 is 0.337 bits per heavy atom. The van der Waals surface area contributed by atoms with E-state index in [1.165, 1.54) is 6.92 Å². The topological polar surface area (TPSA) is 583 Å². The van der Waals surface area contributed by atoms with Crippen LogP contribution in [0, 0.1) is 0 Å². The second-order valence-electron chi connectivity index (χ2n) is 21.1. The van der Waals surface area contributed by atoms with Crippen molar-refractivity contribution in [2.45, 2.75) is 236 Å². The number of aliphatic hydroxyl groups excluding tert-OH is 20. The Morgan fingerprint density at radius 2 is 0.723 bits per heavy atom. The van der Waals surface area contributed by atoms with Gasteiger partial charge in [0, 0.05) is 13.8 Å². The van der Waals surface area contributed by atoms with Crippen molar-refractivity contribution in [2.24, 2.45) is 0 Å². The van der Waals surface area contributed by atoms with Crippen molar-refractivity contribution in [1.29, 1.82) is 0 Å². The van der Waals surface area contributed by atoms with Crippen LogP contribution in [0.25, 0.3) is 0 Å². The van der Waals surface area contributed by atoms with Crippen molar-refractivity contribution in [2.75, 3.05) is 39.6 Å². The average Bonchev–Trinajstić information content (AvgIpc) is 3.61. The molecule has 0 aromatic heterocycles. The SMILES string of the molecule is CC(=O)N[C@@H]1[C@@H](O)[C@H](O[C@@H]2O[C@H](CO)[C@@H](O[C@@H]3O[C@H](CO[C@H]4O[C@H](CO)[C@@H](O)[C@H](O)[C@@H]4O)[C@@H](O)[C@H](O[C@H]4O[C@H](CO)[C@@H](O)[C@H](O)[C@@H]4O[C@H]4O[C@H](CO)[C@@H](O)[C@H](O)[C@@H]4O)[C@@H]3O)[C@H](O)[C@H]2NC(C)=O)[C@@H](CO[C@@H]2O[C@@H](C)[C@@H](O)[C@@H](O)[C@@H]2O)O[C@H]1O. The first-order valence-corrected chi connectivity index (χ1v) is 26.5. The normalized spacial score (nSPS) is 50.8. The lowest BCUT2D eigenvalue weighted by Crippen LogP contribution is -2.70. The Kier molecular flexibility index (Phi) is 24.0. The molecule has 482 valence electrons. The fourth-order valence-corrected chi connectivity index (χ4v) is 10.5. The number of hydrogen-bond donors (Lipinski definition) is 22. The average molecular weight is 1220 g/mol. The minimum Gasteiger partial charge on any atom is -0.394 e. The molecule has 0 aliphatic carbocycles. The maximum atomic E-state index is 12.9. The van der Waals surface area contributed by atoms with Gasteiger partial charge in [-0.15, -0.1) is 0 Å². The number of hydrogen-bond acceptors (Lipinski definition) is 35. The van der Waals surface area contributed by atoms with Crippen LogP contribution in [0.2, 0.25) is 0 Å². The van der Waals surface area contributed by atoms with Crippen LogP contribution in [-0.2, 0) is 71.2 Å². The second-order valence-corrected chi connectivity index (χ2v) is 21.1. The molecule has 0 saturated carbocycles. The number of ether oxygens (including phenoxy) is 13. The fourth-order valence-electron chi connectivity index (χ4n) is 10.5. The van der Waals surface area contributed by atoms with Crippen LogP contribution in [0.15, 0.2) is 0 Å². The number of nitrogens with one attached hydrogen (secondary N) is 2. The van der Waals surface area contributed by atoms with Gasteiger partial charge >= 0.3 is 0 Å². The molecule has 35 atom stereocenters. The van der Waals surface area contributed by atoms with Gasteiger partial charge in [-0.05, 0) is 6.92 Å². The Labute approximate surface area is 470 Å². The fraction of sp³-hybridized carbons (Fsp3) is 0.957. The highest BCUT2D eigenvalue weighted by Gasteiger charge is 2.58. The lowest BCUT2D eigenvalue weighted by atomic mass is 9.93. The maximum Gasteiger partial charge on any atom is 0.217 e. The molecule has 83 heavy (non-hydrogen) atoms. The Balaban J connectivity index is 1.18. The van der Waals surface area contributed by atoms with Crippen LogP contribution in [0.3, 0.4) is 0 Å². The van der Waals surface area contributed by atoms with E-state index < -0.39 is 266 Å². The lowest BCUT2D eigenvalue weighted by Gasteiger charge is -2.50. The maximum absolute atomic E-state index is 12.9. The van der Waals surface area contributed by atoms with Gasteiger partial charge in [0.15, 0.2) is 44.0 Å². The molecular formula is C46H78N2O35. The van der Waals surface area contributed by atoms with Crippen molar-refractivity contribution >= 4 is 11.8 Å². The summed E-state index contributed by atoms with van der Waals surface area (Å²) in [5, 5.41) is 221. The minimum absolute atomic E-state index is 0.766. The van der Waals surface area contributed by atoms with E-state index in [1.807, 2.05) is 0 Å². The third-order valence-corrected chi connectivity index (χ3v) is 15.3. The van der Waals surface area contributed by atoms with Gasteiger partial charge in [-0.25, -0.2) is 0 Å². The van der Waals surface area contributed by atoms with Gasteiger partial charge in [-0.1, -0.05) is 0 Å². The van der Waals surface area contributed by atoms with E-state index in [-0.39, 0.29) is 0 Å². The van der Waals surface area contributed by atoms with Gasteiger partial charge in [0.1, 0.15) is 165 Å². The highest BCUT2D eigenvalue weighted by atomic mass is 16.8. The molecule has 7 heterocycles. The molecule has 7 fully saturated rings. The van der Waals surface area contributed by atoms with E-state index in [0.29, 0.717) is 0 Å². The van der Waals surface area contributed by atoms with Crippen LogP contribution >= 0.6 is 0 Å². The number of carbonyl (C=O) groups is 2. The summed E-state index contributed by atoms with van der Waals surface area (Å²) in [5.41, 5.74) is 0. The van der Waals surface area contributed by atoms with Crippen LogP contribution in [0.5, 0.6) is 0 Å². The zero-order chi connectivity index (χ0) is 61.2. The van der Waals surface area contributed by atoms with E-state index in [1.54, 1.807) is 0 Å². The molecule has 0 aromatic carbocycles. The Morgan fingerprint density at radius 3 is 1.28 bits per heavy atom. The Bertz CT molecular complexity index is 2040. The first kappa shape index (κ1) is 68.1. The minimum atomic E-state index is -2.38.